The lowest BCUT2D eigenvalue weighted by Gasteiger charge is -2.40. The first-order valence-corrected chi connectivity index (χ1v) is 9.33. The number of carbonyl (C=O) groups excluding carboxylic acids is 2. The van der Waals surface area contributed by atoms with Gasteiger partial charge in [-0.05, 0) is 40.7 Å². The Morgan fingerprint density at radius 2 is 1.92 bits per heavy atom. The van der Waals surface area contributed by atoms with E-state index in [9.17, 15) is 19.8 Å². The smallest absolute Gasteiger partial charge is 0.341 e. The third kappa shape index (κ3) is 2.52. The Hall–Kier alpha value is -1.44. The molecule has 3 rings (SSSR count). The van der Waals surface area contributed by atoms with Gasteiger partial charge in [0.15, 0.2) is 17.7 Å². The van der Waals surface area contributed by atoms with E-state index in [2.05, 4.69) is 19.9 Å². The molecule has 7 heteroatoms. The van der Waals surface area contributed by atoms with Gasteiger partial charge in [0.2, 0.25) is 0 Å². The molecule has 2 saturated heterocycles. The van der Waals surface area contributed by atoms with Crippen molar-refractivity contribution in [3.63, 3.8) is 0 Å². The number of ether oxygens (including phenoxy) is 2. The maximum atomic E-state index is 12.7. The fourth-order valence-electron chi connectivity index (χ4n) is 4.63. The molecular formula is C19H30NO6+. The van der Waals surface area contributed by atoms with Crippen molar-refractivity contribution in [1.29, 1.82) is 0 Å². The maximum Gasteiger partial charge on any atom is 0.341 e. The van der Waals surface area contributed by atoms with Crippen molar-refractivity contribution >= 4 is 11.9 Å². The van der Waals surface area contributed by atoms with Crippen LogP contribution in [0.4, 0.5) is 0 Å². The van der Waals surface area contributed by atoms with Crippen LogP contribution in [0.25, 0.3) is 0 Å². The van der Waals surface area contributed by atoms with Gasteiger partial charge in [0, 0.05) is 12.0 Å². The number of rotatable bonds is 1. The van der Waals surface area contributed by atoms with E-state index in [1.165, 1.54) is 20.8 Å². The molecule has 146 valence electrons. The van der Waals surface area contributed by atoms with Crippen molar-refractivity contribution in [2.75, 3.05) is 19.7 Å². The van der Waals surface area contributed by atoms with E-state index >= 15 is 0 Å². The first kappa shape index (κ1) is 19.3. The molecule has 0 amide bonds. The van der Waals surface area contributed by atoms with Crippen molar-refractivity contribution in [1.82, 2.24) is 0 Å². The highest BCUT2D eigenvalue weighted by Crippen LogP contribution is 2.42. The Balaban J connectivity index is 2.01. The third-order valence-electron chi connectivity index (χ3n) is 7.06. The number of hydrogen-bond donors (Lipinski definition) is 2. The van der Waals surface area contributed by atoms with E-state index in [0.29, 0.717) is 6.04 Å². The molecular weight excluding hydrogens is 338 g/mol. The second-order valence-corrected chi connectivity index (χ2v) is 8.61. The van der Waals surface area contributed by atoms with Crippen molar-refractivity contribution in [3.8, 4) is 0 Å². The minimum absolute atomic E-state index is 0.0326. The van der Waals surface area contributed by atoms with E-state index in [4.69, 9.17) is 9.47 Å². The normalized spacial score (nSPS) is 46.3. The fourth-order valence-corrected chi connectivity index (χ4v) is 4.63. The van der Waals surface area contributed by atoms with Gasteiger partial charge in [-0.3, -0.25) is 4.79 Å². The van der Waals surface area contributed by atoms with Crippen LogP contribution < -0.4 is 0 Å². The van der Waals surface area contributed by atoms with Crippen molar-refractivity contribution in [3.05, 3.63) is 11.6 Å². The van der Waals surface area contributed by atoms with E-state index in [-0.39, 0.29) is 18.8 Å². The summed E-state index contributed by atoms with van der Waals surface area (Å²) in [6, 6.07) is 0.286. The average Bonchev–Trinajstić information content (AvgIpc) is 3.10. The summed E-state index contributed by atoms with van der Waals surface area (Å²) in [5, 5.41) is 21.4. The molecule has 7 nitrogen and oxygen atoms in total. The van der Waals surface area contributed by atoms with E-state index in [0.717, 1.165) is 29.6 Å². The molecule has 3 aliphatic rings. The Kier molecular flexibility index (Phi) is 4.49. The van der Waals surface area contributed by atoms with Crippen molar-refractivity contribution < 1.29 is 33.8 Å². The quantitative estimate of drug-likeness (QED) is 0.398. The zero-order valence-electron chi connectivity index (χ0n) is 16.2. The van der Waals surface area contributed by atoms with Crippen LogP contribution in [0.1, 0.15) is 41.0 Å². The summed E-state index contributed by atoms with van der Waals surface area (Å²) in [7, 11) is 0. The zero-order valence-corrected chi connectivity index (χ0v) is 16.2. The molecule has 0 aliphatic carbocycles. The molecule has 2 N–H and O–H groups in total. The molecule has 0 radical (unpaired) electrons. The fraction of sp³-hybridized carbons (Fsp3) is 0.789. The monoisotopic (exact) mass is 368 g/mol. The number of quaternary nitrogens is 1. The average molecular weight is 368 g/mol. The molecule has 1 unspecified atom stereocenters. The summed E-state index contributed by atoms with van der Waals surface area (Å²) in [5.74, 6) is -2.63. The Morgan fingerprint density at radius 1 is 1.27 bits per heavy atom. The zero-order chi connectivity index (χ0) is 19.5. The molecule has 0 aromatic heterocycles. The van der Waals surface area contributed by atoms with Gasteiger partial charge in [-0.1, -0.05) is 0 Å². The molecule has 0 saturated carbocycles. The van der Waals surface area contributed by atoms with Gasteiger partial charge in [0.25, 0.3) is 0 Å². The largest absolute Gasteiger partial charge is 0.459 e. The van der Waals surface area contributed by atoms with Crippen LogP contribution in [-0.2, 0) is 19.1 Å². The highest BCUT2D eigenvalue weighted by molar-refractivity contribution is 5.83. The topological polar surface area (TPSA) is 93.1 Å². The van der Waals surface area contributed by atoms with Gasteiger partial charge in [0.1, 0.15) is 12.2 Å². The molecule has 3 heterocycles. The molecule has 26 heavy (non-hydrogen) atoms. The van der Waals surface area contributed by atoms with Gasteiger partial charge in [0.05, 0.1) is 25.0 Å². The van der Waals surface area contributed by atoms with E-state index < -0.39 is 29.1 Å². The van der Waals surface area contributed by atoms with E-state index in [1.807, 2.05) is 0 Å². The predicted molar refractivity (Wildman–Crippen MR) is 92.9 cm³/mol. The molecule has 2 fully saturated rings. The molecule has 6 atom stereocenters. The molecule has 0 spiro atoms. The van der Waals surface area contributed by atoms with Crippen molar-refractivity contribution in [2.45, 2.75) is 70.4 Å². The number of carbonyl (C=O) groups is 2. The second kappa shape index (κ2) is 6.04. The summed E-state index contributed by atoms with van der Waals surface area (Å²) in [6.07, 6.45) is 2.47. The van der Waals surface area contributed by atoms with Crippen LogP contribution in [-0.4, -0.2) is 75.7 Å². The summed E-state index contributed by atoms with van der Waals surface area (Å²) in [6.45, 7) is 9.94. The third-order valence-corrected chi connectivity index (χ3v) is 7.06. The minimum atomic E-state index is -2.23. The number of nitrogens with zero attached hydrogens (tertiary/aromatic N) is 1. The SMILES string of the molecule is CC(C)[N+]12CC=C3COC(=O)[C@@](C)(O)[C@@](C)(O)[C@@H](C)C(=O)O[C@H](CC1)[C@@H]32. The summed E-state index contributed by atoms with van der Waals surface area (Å²) in [5.41, 5.74) is -3.32. The lowest BCUT2D eigenvalue weighted by molar-refractivity contribution is -0.945. The van der Waals surface area contributed by atoms with Crippen LogP contribution in [0.2, 0.25) is 0 Å². The number of cyclic esters (lactones) is 1. The van der Waals surface area contributed by atoms with Crippen LogP contribution in [0.5, 0.6) is 0 Å². The maximum absolute atomic E-state index is 12.7. The predicted octanol–water partition coefficient (Wildman–Crippen LogP) is 0.531. The molecule has 0 aromatic rings. The lowest BCUT2D eigenvalue weighted by atomic mass is 9.76. The summed E-state index contributed by atoms with van der Waals surface area (Å²) < 4.78 is 12.0. The van der Waals surface area contributed by atoms with Crippen LogP contribution >= 0.6 is 0 Å². The van der Waals surface area contributed by atoms with E-state index in [1.54, 1.807) is 0 Å². The van der Waals surface area contributed by atoms with Crippen LogP contribution in [0.3, 0.4) is 0 Å². The summed E-state index contributed by atoms with van der Waals surface area (Å²) in [4.78, 5) is 25.2. The van der Waals surface area contributed by atoms with Gasteiger partial charge in [-0.25, -0.2) is 4.79 Å². The van der Waals surface area contributed by atoms with Crippen molar-refractivity contribution in [2.24, 2.45) is 5.92 Å². The minimum Gasteiger partial charge on any atom is -0.459 e. The molecule has 0 bridgehead atoms. The Morgan fingerprint density at radius 3 is 2.54 bits per heavy atom. The van der Waals surface area contributed by atoms with Gasteiger partial charge in [-0.2, -0.15) is 0 Å². The summed E-state index contributed by atoms with van der Waals surface area (Å²) >= 11 is 0. The first-order valence-electron chi connectivity index (χ1n) is 9.33. The van der Waals surface area contributed by atoms with Gasteiger partial charge in [-0.15, -0.1) is 0 Å². The molecule has 3 aliphatic heterocycles. The van der Waals surface area contributed by atoms with Gasteiger partial charge >= 0.3 is 11.9 Å². The molecule has 0 aromatic carbocycles. The Labute approximate surface area is 154 Å². The second-order valence-electron chi connectivity index (χ2n) is 8.61. The van der Waals surface area contributed by atoms with Crippen LogP contribution in [0.15, 0.2) is 11.6 Å². The number of hydrogen-bond acceptors (Lipinski definition) is 6. The Bertz CT molecular complexity index is 652. The lowest BCUT2D eigenvalue weighted by Crippen LogP contribution is -2.61. The van der Waals surface area contributed by atoms with Crippen LogP contribution in [0, 0.1) is 5.92 Å². The first-order chi connectivity index (χ1) is 11.9. The number of aliphatic hydroxyl groups is 2. The number of esters is 2. The highest BCUT2D eigenvalue weighted by Gasteiger charge is 2.59. The van der Waals surface area contributed by atoms with Gasteiger partial charge < -0.3 is 24.2 Å². The standard InChI is InChI=1S/C19H30NO6/c1-11(2)20-8-6-13-10-25-17(22)19(5,24)18(4,23)12(3)16(21)26-14(7-9-20)15(13)20/h6,11-12,14-15,23-24H,7-10H2,1-5H3/q+1/t12-,14+,15+,18-,19+,20?/m0/s1. The highest BCUT2D eigenvalue weighted by atomic mass is 16.6.